The van der Waals surface area contributed by atoms with Gasteiger partial charge >= 0.3 is 12.1 Å². The van der Waals surface area contributed by atoms with Gasteiger partial charge < -0.3 is 19.8 Å². The van der Waals surface area contributed by atoms with Crippen LogP contribution in [-0.2, 0) is 22.6 Å². The first-order chi connectivity index (χ1) is 16.4. The fourth-order valence-electron chi connectivity index (χ4n) is 3.42. The van der Waals surface area contributed by atoms with Gasteiger partial charge in [0.15, 0.2) is 5.75 Å². The number of aromatic nitrogens is 1. The molecule has 9 heteroatoms. The molecule has 0 fully saturated rings. The van der Waals surface area contributed by atoms with E-state index in [4.69, 9.17) is 44.3 Å². The molecule has 4 aromatic rings. The van der Waals surface area contributed by atoms with Crippen LogP contribution in [0.5, 0.6) is 5.75 Å². The number of H-pyrrole nitrogens is 1. The predicted octanol–water partition coefficient (Wildman–Crippen LogP) is 6.57. The zero-order chi connectivity index (χ0) is 24.1. The van der Waals surface area contributed by atoms with E-state index < -0.39 is 18.1 Å². The van der Waals surface area contributed by atoms with E-state index in [9.17, 15) is 9.59 Å². The van der Waals surface area contributed by atoms with E-state index in [0.717, 1.165) is 22.0 Å². The molecule has 174 valence electrons. The largest absolute Gasteiger partial charge is 0.445 e. The molecule has 0 bridgehead atoms. The van der Waals surface area contributed by atoms with Gasteiger partial charge in [-0.3, -0.25) is 0 Å². The minimum Gasteiger partial charge on any atom is -0.445 e. The zero-order valence-corrected chi connectivity index (χ0v) is 20.0. The number of carbonyl (C=O) groups excluding carboxylic acids is 2. The average molecular weight is 518 g/mol. The fourth-order valence-corrected chi connectivity index (χ4v) is 4.31. The lowest BCUT2D eigenvalue weighted by atomic mass is 10.1. The summed E-state index contributed by atoms with van der Waals surface area (Å²) >= 11 is 18.3. The molecule has 0 spiro atoms. The van der Waals surface area contributed by atoms with Crippen LogP contribution in [0.3, 0.4) is 0 Å². The van der Waals surface area contributed by atoms with Gasteiger partial charge in [0.2, 0.25) is 0 Å². The second-order valence-corrected chi connectivity index (χ2v) is 8.69. The molecule has 1 unspecified atom stereocenters. The number of hydrogen-bond acceptors (Lipinski definition) is 4. The Kier molecular flexibility index (Phi) is 7.63. The molecule has 4 rings (SSSR count). The Morgan fingerprint density at radius 1 is 0.941 bits per heavy atom. The quantitative estimate of drug-likeness (QED) is 0.215. The van der Waals surface area contributed by atoms with Crippen LogP contribution in [0, 0.1) is 0 Å². The van der Waals surface area contributed by atoms with Crippen molar-refractivity contribution < 1.29 is 19.1 Å². The number of para-hydroxylation sites is 1. The summed E-state index contributed by atoms with van der Waals surface area (Å²) in [5, 5.41) is 3.96. The van der Waals surface area contributed by atoms with Gasteiger partial charge in [-0.15, -0.1) is 0 Å². The first kappa shape index (κ1) is 24.0. The molecule has 3 aromatic carbocycles. The summed E-state index contributed by atoms with van der Waals surface area (Å²) in [4.78, 5) is 28.8. The molecule has 0 aliphatic heterocycles. The summed E-state index contributed by atoms with van der Waals surface area (Å²) in [5.74, 6) is -0.797. The molecular formula is C25H19Cl3N2O4. The number of fused-ring (bicyclic) bond motifs is 1. The lowest BCUT2D eigenvalue weighted by Gasteiger charge is -2.18. The van der Waals surface area contributed by atoms with Crippen molar-refractivity contribution in [2.24, 2.45) is 0 Å². The van der Waals surface area contributed by atoms with E-state index in [2.05, 4.69) is 10.3 Å². The zero-order valence-electron chi connectivity index (χ0n) is 17.7. The number of esters is 1. The Hall–Kier alpha value is -3.19. The number of rotatable bonds is 7. The van der Waals surface area contributed by atoms with Gasteiger partial charge in [-0.1, -0.05) is 83.3 Å². The Morgan fingerprint density at radius 3 is 2.35 bits per heavy atom. The summed E-state index contributed by atoms with van der Waals surface area (Å²) in [7, 11) is 0. The van der Waals surface area contributed by atoms with Crippen molar-refractivity contribution in [3.63, 3.8) is 0 Å². The van der Waals surface area contributed by atoms with Crippen molar-refractivity contribution in [3.05, 3.63) is 99.1 Å². The third-order valence-electron chi connectivity index (χ3n) is 5.05. The average Bonchev–Trinajstić information content (AvgIpc) is 3.23. The van der Waals surface area contributed by atoms with Crippen molar-refractivity contribution in [3.8, 4) is 5.75 Å². The standard InChI is InChI=1S/C25H19Cl3N2O4/c26-17-11-19(27)23(20(28)12-17)34-24(31)22(10-16-13-29-21-9-5-4-8-18(16)21)30-25(32)33-14-15-6-2-1-3-7-15/h1-9,11-13,22,29H,10,14H2,(H,30,32). The van der Waals surface area contributed by atoms with Gasteiger partial charge in [-0.2, -0.15) is 0 Å². The van der Waals surface area contributed by atoms with Crippen LogP contribution in [0.15, 0.2) is 72.9 Å². The smallest absolute Gasteiger partial charge is 0.408 e. The molecule has 34 heavy (non-hydrogen) atoms. The topological polar surface area (TPSA) is 80.4 Å². The first-order valence-electron chi connectivity index (χ1n) is 10.3. The number of hydrogen-bond donors (Lipinski definition) is 2. The van der Waals surface area contributed by atoms with E-state index in [-0.39, 0.29) is 28.8 Å². The van der Waals surface area contributed by atoms with Crippen LogP contribution in [0.25, 0.3) is 10.9 Å². The van der Waals surface area contributed by atoms with Crippen molar-refractivity contribution >= 4 is 57.8 Å². The number of halogens is 3. The number of alkyl carbamates (subject to hydrolysis) is 1. The Balaban J connectivity index is 1.54. The fraction of sp³-hybridized carbons (Fsp3) is 0.120. The molecule has 1 aromatic heterocycles. The maximum Gasteiger partial charge on any atom is 0.408 e. The molecule has 0 aliphatic rings. The highest BCUT2D eigenvalue weighted by molar-refractivity contribution is 6.40. The highest BCUT2D eigenvalue weighted by Crippen LogP contribution is 2.36. The normalized spacial score (nSPS) is 11.7. The third kappa shape index (κ3) is 5.83. The van der Waals surface area contributed by atoms with Crippen molar-refractivity contribution in [1.29, 1.82) is 0 Å². The van der Waals surface area contributed by atoms with Crippen molar-refractivity contribution in [2.45, 2.75) is 19.1 Å². The minimum atomic E-state index is -1.08. The van der Waals surface area contributed by atoms with E-state index in [1.165, 1.54) is 12.1 Å². The summed E-state index contributed by atoms with van der Waals surface area (Å²) in [6.45, 7) is 0.0520. The second kappa shape index (κ2) is 10.8. The lowest BCUT2D eigenvalue weighted by Crippen LogP contribution is -2.44. The minimum absolute atomic E-state index is 0.0406. The monoisotopic (exact) mass is 516 g/mol. The second-order valence-electron chi connectivity index (χ2n) is 7.44. The molecule has 0 saturated heterocycles. The molecule has 0 saturated carbocycles. The SMILES string of the molecule is O=C(NC(Cc1c[nH]c2ccccc12)C(=O)Oc1c(Cl)cc(Cl)cc1Cl)OCc1ccccc1. The van der Waals surface area contributed by atoms with Gasteiger partial charge in [0.1, 0.15) is 12.6 Å². The first-order valence-corrected chi connectivity index (χ1v) is 11.4. The number of aromatic amines is 1. The van der Waals surface area contributed by atoms with Crippen LogP contribution in [0.2, 0.25) is 15.1 Å². The Bertz CT molecular complexity index is 1300. The van der Waals surface area contributed by atoms with Crippen LogP contribution >= 0.6 is 34.8 Å². The number of nitrogens with one attached hydrogen (secondary N) is 2. The van der Waals surface area contributed by atoms with Crippen LogP contribution in [0.4, 0.5) is 4.79 Å². The molecule has 1 heterocycles. The third-order valence-corrected chi connectivity index (χ3v) is 5.83. The Labute approximate surface area is 210 Å². The maximum absolute atomic E-state index is 13.1. The summed E-state index contributed by atoms with van der Waals surface area (Å²) in [5.41, 5.74) is 2.53. The maximum atomic E-state index is 13.1. The molecule has 1 atom stereocenters. The predicted molar refractivity (Wildman–Crippen MR) is 133 cm³/mol. The number of carbonyl (C=O) groups is 2. The number of benzene rings is 3. The van der Waals surface area contributed by atoms with Gasteiger partial charge in [-0.05, 0) is 29.3 Å². The van der Waals surface area contributed by atoms with Crippen molar-refractivity contribution in [2.75, 3.05) is 0 Å². The van der Waals surface area contributed by atoms with Crippen LogP contribution in [0.1, 0.15) is 11.1 Å². The molecular weight excluding hydrogens is 499 g/mol. The van der Waals surface area contributed by atoms with E-state index in [1.54, 1.807) is 6.20 Å². The van der Waals surface area contributed by atoms with Gasteiger partial charge in [0, 0.05) is 28.5 Å². The van der Waals surface area contributed by atoms with E-state index in [0.29, 0.717) is 5.02 Å². The van der Waals surface area contributed by atoms with Gasteiger partial charge in [-0.25, -0.2) is 9.59 Å². The highest BCUT2D eigenvalue weighted by Gasteiger charge is 2.27. The number of amides is 1. The highest BCUT2D eigenvalue weighted by atomic mass is 35.5. The van der Waals surface area contributed by atoms with Gasteiger partial charge in [0.25, 0.3) is 0 Å². The van der Waals surface area contributed by atoms with E-state index >= 15 is 0 Å². The molecule has 1 amide bonds. The molecule has 0 aliphatic carbocycles. The summed E-state index contributed by atoms with van der Waals surface area (Å²) in [6, 6.07) is 18.6. The lowest BCUT2D eigenvalue weighted by molar-refractivity contribution is -0.136. The molecule has 2 N–H and O–H groups in total. The Morgan fingerprint density at radius 2 is 1.62 bits per heavy atom. The van der Waals surface area contributed by atoms with E-state index in [1.807, 2.05) is 54.6 Å². The van der Waals surface area contributed by atoms with Crippen LogP contribution < -0.4 is 10.1 Å². The van der Waals surface area contributed by atoms with Gasteiger partial charge in [0.05, 0.1) is 10.0 Å². The summed E-state index contributed by atoms with van der Waals surface area (Å²) in [6.07, 6.45) is 1.16. The number of ether oxygens (including phenoxy) is 2. The molecule has 6 nitrogen and oxygen atoms in total. The molecule has 0 radical (unpaired) electrons. The van der Waals surface area contributed by atoms with Crippen LogP contribution in [-0.4, -0.2) is 23.1 Å². The van der Waals surface area contributed by atoms with Crippen molar-refractivity contribution in [1.82, 2.24) is 10.3 Å². The summed E-state index contributed by atoms with van der Waals surface area (Å²) < 4.78 is 10.8.